The number of rotatable bonds is 6. The lowest BCUT2D eigenvalue weighted by Gasteiger charge is -2.15. The van der Waals surface area contributed by atoms with Crippen LogP contribution in [0.2, 0.25) is 5.02 Å². The summed E-state index contributed by atoms with van der Waals surface area (Å²) in [6, 6.07) is 11.4. The van der Waals surface area contributed by atoms with E-state index in [-0.39, 0.29) is 22.1 Å². The van der Waals surface area contributed by atoms with E-state index in [0.717, 1.165) is 11.1 Å². The van der Waals surface area contributed by atoms with E-state index in [1.54, 1.807) is 0 Å². The fourth-order valence-corrected chi connectivity index (χ4v) is 3.54. The number of benzene rings is 2. The Morgan fingerprint density at radius 1 is 1.20 bits per heavy atom. The Hall–Kier alpha value is -1.93. The molecule has 0 bridgehead atoms. The number of halogens is 1. The van der Waals surface area contributed by atoms with Crippen molar-refractivity contribution in [2.45, 2.75) is 18.4 Å². The van der Waals surface area contributed by atoms with Crippen LogP contribution >= 0.6 is 11.6 Å². The third kappa shape index (κ3) is 4.38. The van der Waals surface area contributed by atoms with Gasteiger partial charge in [0.25, 0.3) is 10.0 Å². The Morgan fingerprint density at radius 3 is 2.52 bits per heavy atom. The Bertz CT molecular complexity index is 882. The molecule has 0 saturated heterocycles. The molecule has 0 radical (unpaired) electrons. The van der Waals surface area contributed by atoms with E-state index in [1.165, 1.54) is 32.4 Å². The smallest absolute Gasteiger partial charge is 0.338 e. The van der Waals surface area contributed by atoms with Crippen LogP contribution < -0.4 is 0 Å². The summed E-state index contributed by atoms with van der Waals surface area (Å²) in [7, 11) is -1.53. The zero-order valence-corrected chi connectivity index (χ0v) is 15.6. The van der Waals surface area contributed by atoms with E-state index in [2.05, 4.69) is 0 Å². The normalized spacial score (nSPS) is 11.6. The molecule has 0 fully saturated rings. The van der Waals surface area contributed by atoms with E-state index >= 15 is 0 Å². The van der Waals surface area contributed by atoms with Crippen LogP contribution in [0, 0.1) is 6.92 Å². The number of hydrogen-bond acceptors (Lipinski definition) is 5. The fourth-order valence-electron chi connectivity index (χ4n) is 2.06. The van der Waals surface area contributed by atoms with Crippen molar-refractivity contribution in [1.29, 1.82) is 0 Å². The predicted octanol–water partition coefficient (Wildman–Crippen LogP) is 3.19. The van der Waals surface area contributed by atoms with Gasteiger partial charge in [-0.1, -0.05) is 40.3 Å². The molecule has 0 aliphatic carbocycles. The third-order valence-corrected chi connectivity index (χ3v) is 5.82. The number of carbonyl (C=O) groups is 1. The number of ether oxygens (including phenoxy) is 1. The second kappa shape index (κ2) is 7.97. The topological polar surface area (TPSA) is 72.9 Å². The molecule has 0 spiro atoms. The van der Waals surface area contributed by atoms with E-state index < -0.39 is 16.0 Å². The molecular weight excluding hydrogens is 366 g/mol. The molecule has 6 nitrogen and oxygen atoms in total. The lowest BCUT2D eigenvalue weighted by molar-refractivity contribution is -0.0258. The number of sulfonamides is 1. The number of aryl methyl sites for hydroxylation is 1. The highest BCUT2D eigenvalue weighted by atomic mass is 35.5. The van der Waals surface area contributed by atoms with E-state index in [1.807, 2.05) is 31.2 Å². The third-order valence-electron chi connectivity index (χ3n) is 3.66. The summed E-state index contributed by atoms with van der Waals surface area (Å²) < 4.78 is 30.6. The largest absolute Gasteiger partial charge is 0.457 e. The SMILES string of the molecule is CON(C)S(=O)(=O)c1cc(C(=O)OCc2ccccc2C)ccc1Cl. The number of carbonyl (C=O) groups excluding carboxylic acids is 1. The van der Waals surface area contributed by atoms with Crippen LogP contribution in [0.15, 0.2) is 47.4 Å². The average Bonchev–Trinajstić information content (AvgIpc) is 2.60. The van der Waals surface area contributed by atoms with Crippen molar-refractivity contribution < 1.29 is 22.8 Å². The fraction of sp³-hybridized carbons (Fsp3) is 0.235. The van der Waals surface area contributed by atoms with Crippen molar-refractivity contribution in [2.24, 2.45) is 0 Å². The van der Waals surface area contributed by atoms with Gasteiger partial charge in [-0.25, -0.2) is 13.2 Å². The van der Waals surface area contributed by atoms with E-state index in [0.29, 0.717) is 4.47 Å². The average molecular weight is 384 g/mol. The summed E-state index contributed by atoms with van der Waals surface area (Å²) in [5.74, 6) is -0.642. The molecule has 0 atom stereocenters. The molecule has 0 amide bonds. The summed E-state index contributed by atoms with van der Waals surface area (Å²) >= 11 is 5.97. The molecule has 2 aromatic carbocycles. The quantitative estimate of drug-likeness (QED) is 0.565. The first kappa shape index (κ1) is 19.4. The Morgan fingerprint density at radius 2 is 1.88 bits per heavy atom. The second-order valence-electron chi connectivity index (χ2n) is 5.25. The highest BCUT2D eigenvalue weighted by Crippen LogP contribution is 2.26. The summed E-state index contributed by atoms with van der Waals surface area (Å²) in [5, 5.41) is -0.0145. The van der Waals surface area contributed by atoms with Gasteiger partial charge in [0.1, 0.15) is 11.5 Å². The van der Waals surface area contributed by atoms with Gasteiger partial charge in [-0.15, -0.1) is 0 Å². The monoisotopic (exact) mass is 383 g/mol. The number of nitrogens with zero attached hydrogens (tertiary/aromatic N) is 1. The molecule has 0 aromatic heterocycles. The van der Waals surface area contributed by atoms with Crippen LogP contribution in [-0.2, 0) is 26.2 Å². The van der Waals surface area contributed by atoms with Gasteiger partial charge in [0, 0.05) is 7.05 Å². The maximum Gasteiger partial charge on any atom is 0.338 e. The van der Waals surface area contributed by atoms with Gasteiger partial charge in [0.2, 0.25) is 0 Å². The highest BCUT2D eigenvalue weighted by molar-refractivity contribution is 7.89. The zero-order valence-electron chi connectivity index (χ0n) is 14.0. The Labute approximate surface area is 151 Å². The molecule has 2 rings (SSSR count). The molecular formula is C17H18ClNO5S. The number of hydrogen-bond donors (Lipinski definition) is 0. The van der Waals surface area contributed by atoms with Gasteiger partial charge in [-0.05, 0) is 36.2 Å². The molecule has 0 heterocycles. The summed E-state index contributed by atoms with van der Waals surface area (Å²) in [6.07, 6.45) is 0. The molecule has 0 unspecified atom stereocenters. The van der Waals surface area contributed by atoms with Crippen molar-refractivity contribution >= 4 is 27.6 Å². The first-order valence-corrected chi connectivity index (χ1v) is 9.13. The number of esters is 1. The van der Waals surface area contributed by atoms with Gasteiger partial charge in [0.05, 0.1) is 17.7 Å². The molecule has 8 heteroatoms. The Balaban J connectivity index is 2.24. The van der Waals surface area contributed by atoms with E-state index in [4.69, 9.17) is 21.2 Å². The van der Waals surface area contributed by atoms with Crippen LogP contribution in [0.3, 0.4) is 0 Å². The van der Waals surface area contributed by atoms with Crippen molar-refractivity contribution in [3.63, 3.8) is 0 Å². The molecule has 0 N–H and O–H groups in total. The van der Waals surface area contributed by atoms with Crippen LogP contribution in [0.1, 0.15) is 21.5 Å². The summed E-state index contributed by atoms with van der Waals surface area (Å²) in [6.45, 7) is 2.00. The van der Waals surface area contributed by atoms with E-state index in [9.17, 15) is 13.2 Å². The lowest BCUT2D eigenvalue weighted by Crippen LogP contribution is -2.26. The highest BCUT2D eigenvalue weighted by Gasteiger charge is 2.25. The molecule has 0 saturated carbocycles. The Kier molecular flexibility index (Phi) is 6.18. The molecule has 2 aromatic rings. The standard InChI is InChI=1S/C17H18ClNO5S/c1-12-6-4-5-7-14(12)11-24-17(20)13-8-9-15(18)16(10-13)25(21,22)19(2)23-3/h4-10H,11H2,1-3H3. The molecule has 0 aliphatic rings. The second-order valence-corrected chi connectivity index (χ2v) is 7.56. The minimum Gasteiger partial charge on any atom is -0.457 e. The molecule has 0 aliphatic heterocycles. The zero-order chi connectivity index (χ0) is 18.6. The van der Waals surface area contributed by atoms with Crippen LogP contribution in [0.25, 0.3) is 0 Å². The maximum absolute atomic E-state index is 12.3. The van der Waals surface area contributed by atoms with Gasteiger partial charge >= 0.3 is 5.97 Å². The first-order valence-electron chi connectivity index (χ1n) is 7.31. The minimum absolute atomic E-state index is 0.0145. The van der Waals surface area contributed by atoms with Crippen LogP contribution in [-0.4, -0.2) is 33.0 Å². The predicted molar refractivity (Wildman–Crippen MR) is 93.7 cm³/mol. The molecule has 134 valence electrons. The molecule has 25 heavy (non-hydrogen) atoms. The van der Waals surface area contributed by atoms with Crippen molar-refractivity contribution in [2.75, 3.05) is 14.2 Å². The maximum atomic E-state index is 12.3. The van der Waals surface area contributed by atoms with Gasteiger partial charge < -0.3 is 4.74 Å². The van der Waals surface area contributed by atoms with Gasteiger partial charge in [-0.2, -0.15) is 0 Å². The summed E-state index contributed by atoms with van der Waals surface area (Å²) in [5.41, 5.74) is 1.95. The van der Waals surface area contributed by atoms with Crippen molar-refractivity contribution in [1.82, 2.24) is 4.47 Å². The minimum atomic E-state index is -3.98. The van der Waals surface area contributed by atoms with Gasteiger partial charge in [-0.3, -0.25) is 4.84 Å². The van der Waals surface area contributed by atoms with Crippen LogP contribution in [0.4, 0.5) is 0 Å². The lowest BCUT2D eigenvalue weighted by atomic mass is 10.1. The van der Waals surface area contributed by atoms with Crippen LogP contribution in [0.5, 0.6) is 0 Å². The number of hydroxylamine groups is 1. The van der Waals surface area contributed by atoms with Gasteiger partial charge in [0.15, 0.2) is 0 Å². The van der Waals surface area contributed by atoms with Crippen molar-refractivity contribution in [3.05, 3.63) is 64.2 Å². The first-order chi connectivity index (χ1) is 11.8. The van der Waals surface area contributed by atoms with Crippen molar-refractivity contribution in [3.8, 4) is 0 Å². The summed E-state index contributed by atoms with van der Waals surface area (Å²) in [4.78, 5) is 16.7.